The first-order valence-corrected chi connectivity index (χ1v) is 30.5. The molecule has 17 unspecified atom stereocenters. The van der Waals surface area contributed by atoms with E-state index in [4.69, 9.17) is 28.4 Å². The number of carbonyl (C=O) groups is 1. The van der Waals surface area contributed by atoms with E-state index in [1.807, 2.05) is 6.08 Å². The topological polar surface area (TPSA) is 307 Å². The number of hydrogen-bond acceptors (Lipinski definition) is 18. The summed E-state index contributed by atoms with van der Waals surface area (Å²) >= 11 is 0. The highest BCUT2D eigenvalue weighted by atomic mass is 16.8. The van der Waals surface area contributed by atoms with Crippen molar-refractivity contribution in [3.63, 3.8) is 0 Å². The van der Waals surface area contributed by atoms with Crippen molar-refractivity contribution in [2.75, 3.05) is 26.4 Å². The van der Waals surface area contributed by atoms with Crippen LogP contribution in [0.1, 0.15) is 162 Å². The van der Waals surface area contributed by atoms with Gasteiger partial charge in [-0.25, -0.2) is 0 Å². The Kier molecular flexibility index (Phi) is 40.1. The lowest BCUT2D eigenvalue weighted by Gasteiger charge is -2.48. The lowest BCUT2D eigenvalue weighted by molar-refractivity contribution is -0.379. The van der Waals surface area contributed by atoms with E-state index in [2.05, 4.69) is 104 Å². The Morgan fingerprint density at radius 3 is 1.37 bits per heavy atom. The van der Waals surface area contributed by atoms with Crippen molar-refractivity contribution in [1.29, 1.82) is 0 Å². The zero-order chi connectivity index (χ0) is 59.7. The number of amides is 1. The molecule has 12 N–H and O–H groups in total. The monoisotopic (exact) mass is 1160 g/mol. The van der Waals surface area contributed by atoms with E-state index in [1.165, 1.54) is 51.4 Å². The Bertz CT molecular complexity index is 1870. The summed E-state index contributed by atoms with van der Waals surface area (Å²) in [6.07, 6.45) is 29.5. The van der Waals surface area contributed by atoms with Gasteiger partial charge < -0.3 is 89.9 Å². The van der Waals surface area contributed by atoms with Gasteiger partial charge in [0, 0.05) is 6.42 Å². The molecule has 0 aromatic carbocycles. The van der Waals surface area contributed by atoms with Gasteiger partial charge in [-0.1, -0.05) is 162 Å². The van der Waals surface area contributed by atoms with Crippen LogP contribution in [-0.4, -0.2) is 193 Å². The first-order chi connectivity index (χ1) is 39.8. The van der Waals surface area contributed by atoms with Crippen LogP contribution in [-0.2, 0) is 33.2 Å². The fourth-order valence-electron chi connectivity index (χ4n) is 9.60. The van der Waals surface area contributed by atoms with Gasteiger partial charge in [0.2, 0.25) is 5.91 Å². The summed E-state index contributed by atoms with van der Waals surface area (Å²) in [5.74, 6) is -0.326. The van der Waals surface area contributed by atoms with Gasteiger partial charge in [0.15, 0.2) is 18.9 Å². The largest absolute Gasteiger partial charge is 0.394 e. The molecule has 3 aliphatic rings. The highest BCUT2D eigenvalue weighted by Gasteiger charge is 2.53. The predicted molar refractivity (Wildman–Crippen MR) is 314 cm³/mol. The van der Waals surface area contributed by atoms with Crippen molar-refractivity contribution in [3.05, 3.63) is 97.2 Å². The predicted octanol–water partition coefficient (Wildman–Crippen LogP) is 5.76. The third-order valence-corrected chi connectivity index (χ3v) is 14.6. The summed E-state index contributed by atoms with van der Waals surface area (Å²) < 4.78 is 34.2. The van der Waals surface area contributed by atoms with Crippen LogP contribution in [0.2, 0.25) is 0 Å². The van der Waals surface area contributed by atoms with Gasteiger partial charge in [0.25, 0.3) is 0 Å². The van der Waals surface area contributed by atoms with Gasteiger partial charge in [-0.15, -0.1) is 0 Å². The van der Waals surface area contributed by atoms with Crippen molar-refractivity contribution in [2.24, 2.45) is 0 Å². The molecule has 0 radical (unpaired) electrons. The number of allylic oxidation sites excluding steroid dienone is 15. The molecule has 0 spiro atoms. The molecule has 3 rings (SSSR count). The lowest BCUT2D eigenvalue weighted by Crippen LogP contribution is -2.66. The SMILES string of the molecule is CC/C=C\C/C=C\C/C=C\C/C=C\C/C=C\CCCCCC(=O)NC(COC1OC(CO)C(OC2OC(CO)C(OC3OC(CO)C(O)C(O)C3O)C(O)C2O)C(O)C1O)C(O)/C=C/CC/C=C/CC/C=C/CCCCCCCCCC. The average molecular weight is 1160 g/mol. The van der Waals surface area contributed by atoms with Crippen LogP contribution >= 0.6 is 0 Å². The number of unbranched alkanes of at least 4 members (excludes halogenated alkanes) is 13. The number of ether oxygens (including phenoxy) is 6. The second-order valence-electron chi connectivity index (χ2n) is 21.4. The quantitative estimate of drug-likeness (QED) is 0.0255. The number of rotatable bonds is 43. The number of carbonyl (C=O) groups excluding carboxylic acids is 1. The van der Waals surface area contributed by atoms with Crippen LogP contribution in [0.5, 0.6) is 0 Å². The molecule has 3 saturated heterocycles. The smallest absolute Gasteiger partial charge is 0.220 e. The van der Waals surface area contributed by atoms with Crippen molar-refractivity contribution in [3.8, 4) is 0 Å². The molecule has 82 heavy (non-hydrogen) atoms. The molecule has 19 nitrogen and oxygen atoms in total. The van der Waals surface area contributed by atoms with Crippen LogP contribution < -0.4 is 5.32 Å². The summed E-state index contributed by atoms with van der Waals surface area (Å²) in [6, 6.07) is -1.02. The second kappa shape index (κ2) is 45.1. The number of nitrogens with one attached hydrogen (secondary N) is 1. The summed E-state index contributed by atoms with van der Waals surface area (Å²) in [6.45, 7) is 1.52. The van der Waals surface area contributed by atoms with Crippen molar-refractivity contribution in [2.45, 2.75) is 266 Å². The Morgan fingerprint density at radius 2 is 0.854 bits per heavy atom. The molecule has 470 valence electrons. The minimum atomic E-state index is -1.99. The maximum Gasteiger partial charge on any atom is 0.220 e. The summed E-state index contributed by atoms with van der Waals surface area (Å²) in [4.78, 5) is 13.3. The Labute approximate surface area is 488 Å². The second-order valence-corrected chi connectivity index (χ2v) is 21.4. The Morgan fingerprint density at radius 1 is 0.451 bits per heavy atom. The lowest BCUT2D eigenvalue weighted by atomic mass is 9.96. The van der Waals surface area contributed by atoms with Gasteiger partial charge >= 0.3 is 0 Å². The van der Waals surface area contributed by atoms with Gasteiger partial charge in [0.05, 0.1) is 38.6 Å². The average Bonchev–Trinajstić information content (AvgIpc) is 3.39. The van der Waals surface area contributed by atoms with Crippen molar-refractivity contribution >= 4 is 5.91 Å². The summed E-state index contributed by atoms with van der Waals surface area (Å²) in [5.41, 5.74) is 0. The molecule has 0 aliphatic carbocycles. The van der Waals surface area contributed by atoms with Crippen LogP contribution in [0.15, 0.2) is 97.2 Å². The summed E-state index contributed by atoms with van der Waals surface area (Å²) in [5, 5.41) is 120. The third kappa shape index (κ3) is 28.3. The first-order valence-electron chi connectivity index (χ1n) is 30.5. The highest BCUT2D eigenvalue weighted by molar-refractivity contribution is 5.76. The molecular formula is C63H105NO18. The molecule has 17 atom stereocenters. The molecule has 0 bridgehead atoms. The highest BCUT2D eigenvalue weighted by Crippen LogP contribution is 2.33. The van der Waals surface area contributed by atoms with E-state index >= 15 is 0 Å². The van der Waals surface area contributed by atoms with E-state index in [1.54, 1.807) is 6.08 Å². The van der Waals surface area contributed by atoms with Crippen molar-refractivity contribution in [1.82, 2.24) is 5.32 Å². The van der Waals surface area contributed by atoms with Crippen LogP contribution in [0.3, 0.4) is 0 Å². The van der Waals surface area contributed by atoms with E-state index in [0.29, 0.717) is 12.8 Å². The van der Waals surface area contributed by atoms with Crippen LogP contribution in [0.4, 0.5) is 0 Å². The molecule has 1 amide bonds. The maximum atomic E-state index is 13.3. The van der Waals surface area contributed by atoms with E-state index < -0.39 is 131 Å². The zero-order valence-electron chi connectivity index (χ0n) is 48.9. The van der Waals surface area contributed by atoms with Gasteiger partial charge in [-0.3, -0.25) is 4.79 Å². The molecule has 3 heterocycles. The van der Waals surface area contributed by atoms with Crippen molar-refractivity contribution < 1.29 is 89.4 Å². The maximum absolute atomic E-state index is 13.3. The number of aliphatic hydroxyl groups excluding tert-OH is 11. The fourth-order valence-corrected chi connectivity index (χ4v) is 9.60. The third-order valence-electron chi connectivity index (χ3n) is 14.6. The molecule has 19 heteroatoms. The van der Waals surface area contributed by atoms with Gasteiger partial charge in [-0.05, 0) is 89.9 Å². The molecule has 3 fully saturated rings. The molecule has 0 aromatic heterocycles. The normalized spacial score (nSPS) is 30.3. The van der Waals surface area contributed by atoms with E-state index in [9.17, 15) is 61.0 Å². The number of aliphatic hydroxyl groups is 11. The zero-order valence-corrected chi connectivity index (χ0v) is 48.9. The van der Waals surface area contributed by atoms with Gasteiger partial charge in [-0.2, -0.15) is 0 Å². The summed E-state index contributed by atoms with van der Waals surface area (Å²) in [7, 11) is 0. The van der Waals surface area contributed by atoms with Crippen LogP contribution in [0.25, 0.3) is 0 Å². The first kappa shape index (κ1) is 73.0. The molecule has 0 saturated carbocycles. The minimum absolute atomic E-state index is 0.187. The standard InChI is InChI=1S/C63H105NO18/c1-3-5-7-9-11-13-15-17-19-21-23-25-27-29-31-33-35-37-39-41-51(69)64-46(47(68)40-38-36-34-32-30-28-26-24-22-20-18-16-14-12-10-8-6-4-2)45-77-61-57(75)54(72)59(49(43-66)79-61)82-63-58(76)55(73)60(50(44-67)80-63)81-62-56(74)53(71)52(70)48(42-65)78-62/h5,7,11,13,17,19,22-25,29-32,38,40,46-50,52-63,65-68,70-76H,3-4,6,8-10,12,14-16,18,20-21,26-28,33-37,39,41-45H2,1-2H3,(H,64,69)/b7-5-,13-11-,19-17-,24-22+,25-23-,31-29-,32-30+,40-38+. The Balaban J connectivity index is 1.54. The number of hydrogen-bond donors (Lipinski definition) is 12. The Hall–Kier alpha value is -3.29. The van der Waals surface area contributed by atoms with Gasteiger partial charge in [0.1, 0.15) is 73.2 Å². The molecule has 0 aromatic rings. The molecular weight excluding hydrogens is 1060 g/mol. The molecule has 3 aliphatic heterocycles. The van der Waals surface area contributed by atoms with Crippen LogP contribution in [0, 0.1) is 0 Å². The van der Waals surface area contributed by atoms with E-state index in [-0.39, 0.29) is 12.3 Å². The fraction of sp³-hybridized carbons (Fsp3) is 0.730. The minimum Gasteiger partial charge on any atom is -0.394 e. The van der Waals surface area contributed by atoms with E-state index in [0.717, 1.165) is 77.0 Å².